The van der Waals surface area contributed by atoms with E-state index >= 15 is 0 Å². The molecule has 1 aromatic heterocycles. The lowest BCUT2D eigenvalue weighted by molar-refractivity contribution is 0.0271. The van der Waals surface area contributed by atoms with Crippen molar-refractivity contribution < 1.29 is 19.0 Å². The smallest absolute Gasteiger partial charge is 0.270 e. The van der Waals surface area contributed by atoms with Gasteiger partial charge in [-0.05, 0) is 60.2 Å². The average Bonchev–Trinajstić information content (AvgIpc) is 3.62. The molecule has 1 heterocycles. The highest BCUT2D eigenvalue weighted by molar-refractivity contribution is 5.93. The van der Waals surface area contributed by atoms with E-state index in [0.29, 0.717) is 23.8 Å². The second-order valence-corrected chi connectivity index (χ2v) is 9.11. The first-order valence-electron chi connectivity index (χ1n) is 12.5. The number of amides is 1. The van der Waals surface area contributed by atoms with E-state index in [4.69, 9.17) is 14.2 Å². The predicted molar refractivity (Wildman–Crippen MR) is 142 cm³/mol. The standard InChI is InChI=1S/C30H31N3O4/c1-35-28-15-14-23(17-29(28)36-2)22-10-6-11-24(16-22)33-20-31-18-26(33)30(34)32-25-12-7-13-27(25)37-19-21-8-4-3-5-9-21/h3-6,8-11,14-18,20,25,27H,7,12-13,19H2,1-2H3,(H,32,34)/t25-,27-/m1/s1. The summed E-state index contributed by atoms with van der Waals surface area (Å²) in [6, 6.07) is 23.9. The number of ether oxygens (including phenoxy) is 3. The lowest BCUT2D eigenvalue weighted by atomic mass is 10.0. The molecule has 3 aromatic carbocycles. The average molecular weight is 498 g/mol. The van der Waals surface area contributed by atoms with Crippen molar-refractivity contribution in [1.29, 1.82) is 0 Å². The Balaban J connectivity index is 1.31. The van der Waals surface area contributed by atoms with E-state index in [9.17, 15) is 4.79 Å². The number of nitrogens with one attached hydrogen (secondary N) is 1. The Kier molecular flexibility index (Phi) is 7.51. The zero-order chi connectivity index (χ0) is 25.6. The number of methoxy groups -OCH3 is 2. The molecule has 1 N–H and O–H groups in total. The Morgan fingerprint density at radius 1 is 0.946 bits per heavy atom. The van der Waals surface area contributed by atoms with Crippen molar-refractivity contribution in [2.75, 3.05) is 14.2 Å². The summed E-state index contributed by atoms with van der Waals surface area (Å²) in [5.41, 5.74) is 4.43. The lowest BCUT2D eigenvalue weighted by Gasteiger charge is -2.22. The second-order valence-electron chi connectivity index (χ2n) is 9.11. The first-order valence-corrected chi connectivity index (χ1v) is 12.5. The summed E-state index contributed by atoms with van der Waals surface area (Å²) >= 11 is 0. The molecule has 1 fully saturated rings. The van der Waals surface area contributed by atoms with Crippen LogP contribution < -0.4 is 14.8 Å². The molecule has 1 aliphatic carbocycles. The van der Waals surface area contributed by atoms with Crippen LogP contribution in [0.2, 0.25) is 0 Å². The minimum absolute atomic E-state index is 0.00564. The SMILES string of the molecule is COc1ccc(-c2cccc(-n3cncc3C(=O)N[C@@H]3CCC[C@H]3OCc3ccccc3)c2)cc1OC. The van der Waals surface area contributed by atoms with Gasteiger partial charge in [0.05, 0.1) is 45.5 Å². The molecule has 1 saturated carbocycles. The first kappa shape index (κ1) is 24.6. The Morgan fingerprint density at radius 2 is 1.76 bits per heavy atom. The third-order valence-corrected chi connectivity index (χ3v) is 6.79. The summed E-state index contributed by atoms with van der Waals surface area (Å²) in [6.45, 7) is 0.540. The summed E-state index contributed by atoms with van der Waals surface area (Å²) in [4.78, 5) is 17.6. The van der Waals surface area contributed by atoms with Crippen LogP contribution in [0.15, 0.2) is 85.3 Å². The number of benzene rings is 3. The highest BCUT2D eigenvalue weighted by Gasteiger charge is 2.30. The maximum atomic E-state index is 13.3. The molecular formula is C30H31N3O4. The molecule has 0 spiro atoms. The van der Waals surface area contributed by atoms with Crippen LogP contribution in [0, 0.1) is 0 Å². The van der Waals surface area contributed by atoms with Crippen molar-refractivity contribution in [3.63, 3.8) is 0 Å². The fraction of sp³-hybridized carbons (Fsp3) is 0.267. The van der Waals surface area contributed by atoms with Crippen LogP contribution in [0.5, 0.6) is 11.5 Å². The topological polar surface area (TPSA) is 74.6 Å². The van der Waals surface area contributed by atoms with Gasteiger partial charge in [0, 0.05) is 5.69 Å². The van der Waals surface area contributed by atoms with Gasteiger partial charge in [0.2, 0.25) is 0 Å². The van der Waals surface area contributed by atoms with Crippen LogP contribution >= 0.6 is 0 Å². The van der Waals surface area contributed by atoms with Gasteiger partial charge in [0.25, 0.3) is 5.91 Å². The zero-order valence-corrected chi connectivity index (χ0v) is 21.1. The van der Waals surface area contributed by atoms with Crippen LogP contribution in [-0.2, 0) is 11.3 Å². The second kappa shape index (κ2) is 11.3. The van der Waals surface area contributed by atoms with Gasteiger partial charge >= 0.3 is 0 Å². The molecule has 0 bridgehead atoms. The van der Waals surface area contributed by atoms with E-state index < -0.39 is 0 Å². The van der Waals surface area contributed by atoms with Crippen LogP contribution in [0.1, 0.15) is 35.3 Å². The summed E-state index contributed by atoms with van der Waals surface area (Å²) in [5.74, 6) is 1.18. The quantitative estimate of drug-likeness (QED) is 0.334. The molecule has 4 aromatic rings. The summed E-state index contributed by atoms with van der Waals surface area (Å²) in [7, 11) is 3.24. The van der Waals surface area contributed by atoms with Gasteiger partial charge in [-0.2, -0.15) is 0 Å². The molecule has 1 amide bonds. The highest BCUT2D eigenvalue weighted by Crippen LogP contribution is 2.33. The predicted octanol–water partition coefficient (Wildman–Crippen LogP) is 5.42. The van der Waals surface area contributed by atoms with Gasteiger partial charge < -0.3 is 19.5 Å². The summed E-state index contributed by atoms with van der Waals surface area (Å²) in [5, 5.41) is 3.20. The molecule has 0 radical (unpaired) electrons. The van der Waals surface area contributed by atoms with E-state index in [-0.39, 0.29) is 18.1 Å². The third-order valence-electron chi connectivity index (χ3n) is 6.79. The Morgan fingerprint density at radius 3 is 2.57 bits per heavy atom. The molecule has 37 heavy (non-hydrogen) atoms. The van der Waals surface area contributed by atoms with Gasteiger partial charge in [0.15, 0.2) is 11.5 Å². The van der Waals surface area contributed by atoms with E-state index in [0.717, 1.165) is 41.6 Å². The first-order chi connectivity index (χ1) is 18.2. The number of imidazole rings is 1. The van der Waals surface area contributed by atoms with Crippen molar-refractivity contribution in [1.82, 2.24) is 14.9 Å². The van der Waals surface area contributed by atoms with Gasteiger partial charge in [0.1, 0.15) is 5.69 Å². The molecule has 1 aliphatic rings. The van der Waals surface area contributed by atoms with Crippen LogP contribution in [0.4, 0.5) is 0 Å². The molecule has 190 valence electrons. The van der Waals surface area contributed by atoms with Crippen LogP contribution in [-0.4, -0.2) is 41.8 Å². The number of carbonyl (C=O) groups excluding carboxylic acids is 1. The Labute approximate surface area is 217 Å². The lowest BCUT2D eigenvalue weighted by Crippen LogP contribution is -2.41. The van der Waals surface area contributed by atoms with Crippen molar-refractivity contribution in [2.45, 2.75) is 38.0 Å². The zero-order valence-electron chi connectivity index (χ0n) is 21.1. The molecule has 2 atom stereocenters. The number of rotatable bonds is 9. The van der Waals surface area contributed by atoms with E-state index in [1.165, 1.54) is 0 Å². The molecule has 7 nitrogen and oxygen atoms in total. The molecule has 0 unspecified atom stereocenters. The molecule has 0 saturated heterocycles. The van der Waals surface area contributed by atoms with Gasteiger partial charge in [-0.1, -0.05) is 48.5 Å². The van der Waals surface area contributed by atoms with Crippen molar-refractivity contribution in [2.24, 2.45) is 0 Å². The fourth-order valence-electron chi connectivity index (χ4n) is 4.83. The van der Waals surface area contributed by atoms with Crippen molar-refractivity contribution in [3.8, 4) is 28.3 Å². The maximum absolute atomic E-state index is 13.3. The van der Waals surface area contributed by atoms with E-state index in [2.05, 4.69) is 22.4 Å². The van der Waals surface area contributed by atoms with Crippen molar-refractivity contribution in [3.05, 3.63) is 96.6 Å². The number of nitrogens with zero attached hydrogens (tertiary/aromatic N) is 2. The number of hydrogen-bond acceptors (Lipinski definition) is 5. The monoisotopic (exact) mass is 497 g/mol. The molecular weight excluding hydrogens is 466 g/mol. The van der Waals surface area contributed by atoms with Gasteiger partial charge in [-0.15, -0.1) is 0 Å². The number of hydrogen-bond donors (Lipinski definition) is 1. The minimum Gasteiger partial charge on any atom is -0.493 e. The molecule has 5 rings (SSSR count). The van der Waals surface area contributed by atoms with Gasteiger partial charge in [-0.25, -0.2) is 4.98 Å². The molecule has 7 heteroatoms. The molecule has 0 aliphatic heterocycles. The van der Waals surface area contributed by atoms with Crippen LogP contribution in [0.3, 0.4) is 0 Å². The maximum Gasteiger partial charge on any atom is 0.270 e. The van der Waals surface area contributed by atoms with Gasteiger partial charge in [-0.3, -0.25) is 9.36 Å². The normalized spacial score (nSPS) is 16.9. The number of aromatic nitrogens is 2. The Bertz CT molecular complexity index is 1350. The number of carbonyl (C=O) groups is 1. The Hall–Kier alpha value is -4.10. The largest absolute Gasteiger partial charge is 0.493 e. The fourth-order valence-corrected chi connectivity index (χ4v) is 4.83. The minimum atomic E-state index is -0.158. The summed E-state index contributed by atoms with van der Waals surface area (Å²) < 4.78 is 18.8. The third kappa shape index (κ3) is 5.52. The summed E-state index contributed by atoms with van der Waals surface area (Å²) in [6.07, 6.45) is 6.12. The highest BCUT2D eigenvalue weighted by atomic mass is 16.5. The van der Waals surface area contributed by atoms with Crippen LogP contribution in [0.25, 0.3) is 16.8 Å². The van der Waals surface area contributed by atoms with E-state index in [1.54, 1.807) is 26.7 Å². The van der Waals surface area contributed by atoms with Crippen molar-refractivity contribution >= 4 is 5.91 Å². The van der Waals surface area contributed by atoms with E-state index in [1.807, 2.05) is 65.2 Å².